The topological polar surface area (TPSA) is 49.2 Å². The zero-order valence-electron chi connectivity index (χ0n) is 17.4. The summed E-state index contributed by atoms with van der Waals surface area (Å²) < 4.78 is 0. The fourth-order valence-corrected chi connectivity index (χ4v) is 6.01. The lowest BCUT2D eigenvalue weighted by molar-refractivity contribution is -0.0741. The van der Waals surface area contributed by atoms with Crippen molar-refractivity contribution in [3.8, 4) is 0 Å². The number of fused-ring (bicyclic) bond motifs is 1. The Hall–Kier alpha value is -1.04. The van der Waals surface area contributed by atoms with E-state index in [0.717, 1.165) is 35.9 Å². The van der Waals surface area contributed by atoms with E-state index in [4.69, 9.17) is 9.97 Å². The average molecular weight is 388 g/mol. The van der Waals surface area contributed by atoms with Crippen molar-refractivity contribution < 1.29 is 5.11 Å². The van der Waals surface area contributed by atoms with Gasteiger partial charge >= 0.3 is 0 Å². The summed E-state index contributed by atoms with van der Waals surface area (Å²) in [5.74, 6) is 1.54. The first-order valence-corrected chi connectivity index (χ1v) is 11.2. The van der Waals surface area contributed by atoms with Crippen LogP contribution in [0.2, 0.25) is 0 Å². The third kappa shape index (κ3) is 3.92. The lowest BCUT2D eigenvalue weighted by Gasteiger charge is -2.47. The monoisotopic (exact) mass is 387 g/mol. The van der Waals surface area contributed by atoms with E-state index >= 15 is 0 Å². The summed E-state index contributed by atoms with van der Waals surface area (Å²) >= 11 is 1.87. The Labute approximate surface area is 167 Å². The van der Waals surface area contributed by atoms with Crippen LogP contribution in [0.5, 0.6) is 0 Å². The molecule has 2 aromatic heterocycles. The maximum absolute atomic E-state index is 10.4. The zero-order chi connectivity index (χ0) is 19.4. The van der Waals surface area contributed by atoms with E-state index in [-0.39, 0.29) is 6.04 Å². The number of rotatable bonds is 4. The van der Waals surface area contributed by atoms with Crippen LogP contribution in [0.3, 0.4) is 0 Å². The third-order valence-electron chi connectivity index (χ3n) is 6.64. The molecule has 3 heterocycles. The first kappa shape index (κ1) is 19.3. The zero-order valence-corrected chi connectivity index (χ0v) is 18.2. The van der Waals surface area contributed by atoms with Gasteiger partial charge < -0.3 is 5.11 Å². The van der Waals surface area contributed by atoms with E-state index < -0.39 is 5.60 Å². The van der Waals surface area contributed by atoms with E-state index in [1.165, 1.54) is 35.9 Å². The molecule has 2 fully saturated rings. The molecule has 0 spiro atoms. The number of nitrogens with zero attached hydrogens (tertiary/aromatic N) is 3. The van der Waals surface area contributed by atoms with Gasteiger partial charge in [0.05, 0.1) is 11.3 Å². The molecule has 1 unspecified atom stereocenters. The Bertz CT molecular complexity index is 826. The predicted octanol–water partition coefficient (Wildman–Crippen LogP) is 5.03. The molecule has 1 saturated heterocycles. The molecule has 4 nitrogen and oxygen atoms in total. The van der Waals surface area contributed by atoms with E-state index in [9.17, 15) is 5.11 Å². The molecular formula is C22H33N3OS. The second kappa shape index (κ2) is 6.78. The van der Waals surface area contributed by atoms with Gasteiger partial charge in [-0.25, -0.2) is 9.97 Å². The van der Waals surface area contributed by atoms with Gasteiger partial charge in [-0.3, -0.25) is 4.90 Å². The lowest BCUT2D eigenvalue weighted by atomic mass is 9.73. The Morgan fingerprint density at radius 3 is 2.52 bits per heavy atom. The molecule has 5 heteroatoms. The molecule has 4 rings (SSSR count). The fourth-order valence-electron chi connectivity index (χ4n) is 4.75. The van der Waals surface area contributed by atoms with E-state index in [1.54, 1.807) is 0 Å². The molecular weight excluding hydrogens is 354 g/mol. The van der Waals surface area contributed by atoms with Crippen molar-refractivity contribution in [1.82, 2.24) is 14.9 Å². The van der Waals surface area contributed by atoms with Gasteiger partial charge in [-0.05, 0) is 70.3 Å². The second-order valence-corrected chi connectivity index (χ2v) is 11.0. The SMILES string of the molecule is Cc1nc(CN2CCC2C(C)(C)O)c2cc(C3CCC(C)(C)CC3)sc2n1. The Kier molecular flexibility index (Phi) is 4.84. The summed E-state index contributed by atoms with van der Waals surface area (Å²) in [4.78, 5) is 14.5. The van der Waals surface area contributed by atoms with Gasteiger partial charge in [0.2, 0.25) is 0 Å². The Morgan fingerprint density at radius 2 is 1.93 bits per heavy atom. The van der Waals surface area contributed by atoms with Crippen LogP contribution in [0.15, 0.2) is 6.07 Å². The van der Waals surface area contributed by atoms with Crippen LogP contribution in [0.1, 0.15) is 82.1 Å². The summed E-state index contributed by atoms with van der Waals surface area (Å²) in [6, 6.07) is 2.60. The minimum absolute atomic E-state index is 0.224. The van der Waals surface area contributed by atoms with Gasteiger partial charge in [-0.2, -0.15) is 0 Å². The maximum atomic E-state index is 10.4. The smallest absolute Gasteiger partial charge is 0.127 e. The quantitative estimate of drug-likeness (QED) is 0.799. The summed E-state index contributed by atoms with van der Waals surface area (Å²) in [7, 11) is 0. The average Bonchev–Trinajstić information content (AvgIpc) is 2.93. The van der Waals surface area contributed by atoms with Crippen LogP contribution in [-0.2, 0) is 6.54 Å². The van der Waals surface area contributed by atoms with Crippen LogP contribution in [-0.4, -0.2) is 38.2 Å². The fraction of sp³-hybridized carbons (Fsp3) is 0.727. The number of hydrogen-bond donors (Lipinski definition) is 1. The van der Waals surface area contributed by atoms with Crippen LogP contribution < -0.4 is 0 Å². The van der Waals surface area contributed by atoms with Crippen molar-refractivity contribution in [2.24, 2.45) is 5.41 Å². The molecule has 1 aliphatic carbocycles. The standard InChI is InChI=1S/C22H33N3OS/c1-14-23-17(13-25-11-8-19(25)22(4,5)26)16-12-18(27-20(16)24-14)15-6-9-21(2,3)10-7-15/h12,15,19,26H,6-11,13H2,1-5H3. The van der Waals surface area contributed by atoms with Crippen molar-refractivity contribution in [2.75, 3.05) is 6.54 Å². The van der Waals surface area contributed by atoms with Gasteiger partial charge in [0.15, 0.2) is 0 Å². The van der Waals surface area contributed by atoms with Gasteiger partial charge in [0, 0.05) is 29.4 Å². The van der Waals surface area contributed by atoms with Gasteiger partial charge in [-0.15, -0.1) is 11.3 Å². The molecule has 1 aliphatic heterocycles. The molecule has 27 heavy (non-hydrogen) atoms. The van der Waals surface area contributed by atoms with Crippen LogP contribution >= 0.6 is 11.3 Å². The first-order chi connectivity index (χ1) is 12.6. The highest BCUT2D eigenvalue weighted by atomic mass is 32.1. The van der Waals surface area contributed by atoms with Gasteiger partial charge in [0.1, 0.15) is 10.7 Å². The van der Waals surface area contributed by atoms with Crippen molar-refractivity contribution in [3.05, 3.63) is 22.5 Å². The highest BCUT2D eigenvalue weighted by molar-refractivity contribution is 7.18. The van der Waals surface area contributed by atoms with Crippen LogP contribution in [0, 0.1) is 12.3 Å². The summed E-state index contributed by atoms with van der Waals surface area (Å²) in [5, 5.41) is 11.6. The van der Waals surface area contributed by atoms with Crippen molar-refractivity contribution >= 4 is 21.6 Å². The normalized spacial score (nSPS) is 24.3. The molecule has 1 saturated carbocycles. The van der Waals surface area contributed by atoms with Crippen molar-refractivity contribution in [2.45, 2.75) is 90.8 Å². The van der Waals surface area contributed by atoms with Crippen molar-refractivity contribution in [1.29, 1.82) is 0 Å². The minimum atomic E-state index is -0.659. The summed E-state index contributed by atoms with van der Waals surface area (Å²) in [6.45, 7) is 12.5. The predicted molar refractivity (Wildman–Crippen MR) is 112 cm³/mol. The van der Waals surface area contributed by atoms with Crippen LogP contribution in [0.4, 0.5) is 0 Å². The molecule has 148 valence electrons. The molecule has 0 amide bonds. The van der Waals surface area contributed by atoms with E-state index in [1.807, 2.05) is 32.1 Å². The van der Waals surface area contributed by atoms with E-state index in [0.29, 0.717) is 11.3 Å². The highest BCUT2D eigenvalue weighted by Crippen LogP contribution is 2.45. The molecule has 1 atom stereocenters. The number of thiophene rings is 1. The number of aryl methyl sites for hydroxylation is 1. The lowest BCUT2D eigenvalue weighted by Crippen LogP contribution is -2.58. The summed E-state index contributed by atoms with van der Waals surface area (Å²) in [6.07, 6.45) is 6.25. The minimum Gasteiger partial charge on any atom is -0.389 e. The summed E-state index contributed by atoms with van der Waals surface area (Å²) in [5.41, 5.74) is 0.969. The van der Waals surface area contributed by atoms with Crippen LogP contribution in [0.25, 0.3) is 10.2 Å². The second-order valence-electron chi connectivity index (χ2n) is 9.95. The molecule has 2 aromatic rings. The highest BCUT2D eigenvalue weighted by Gasteiger charge is 2.39. The number of aliphatic hydroxyl groups is 1. The molecule has 0 bridgehead atoms. The van der Waals surface area contributed by atoms with Gasteiger partial charge in [-0.1, -0.05) is 13.8 Å². The van der Waals surface area contributed by atoms with Crippen molar-refractivity contribution in [3.63, 3.8) is 0 Å². The van der Waals surface area contributed by atoms with E-state index in [2.05, 4.69) is 24.8 Å². The largest absolute Gasteiger partial charge is 0.389 e. The number of hydrogen-bond acceptors (Lipinski definition) is 5. The number of aromatic nitrogens is 2. The maximum Gasteiger partial charge on any atom is 0.127 e. The third-order valence-corrected chi connectivity index (χ3v) is 7.83. The van der Waals surface area contributed by atoms with Gasteiger partial charge in [0.25, 0.3) is 0 Å². The molecule has 1 N–H and O–H groups in total. The Balaban J connectivity index is 1.59. The molecule has 0 aromatic carbocycles. The molecule has 2 aliphatic rings. The Morgan fingerprint density at radius 1 is 1.22 bits per heavy atom. The molecule has 0 radical (unpaired) electrons. The number of likely N-dealkylation sites (tertiary alicyclic amines) is 1. The first-order valence-electron chi connectivity index (χ1n) is 10.4.